The summed E-state index contributed by atoms with van der Waals surface area (Å²) in [4.78, 5) is 14.2. The van der Waals surface area contributed by atoms with Crippen LogP contribution in [-0.2, 0) is 24.6 Å². The number of nitrogens with zero attached hydrogens (tertiary/aromatic N) is 3. The van der Waals surface area contributed by atoms with Crippen LogP contribution in [0.25, 0.3) is 10.9 Å². The zero-order valence-electron chi connectivity index (χ0n) is 20.8. The summed E-state index contributed by atoms with van der Waals surface area (Å²) in [5.74, 6) is 0.899. The Morgan fingerprint density at radius 3 is 2.74 bits per heavy atom. The first-order valence-electron chi connectivity index (χ1n) is 12.1. The number of pyridine rings is 1. The van der Waals surface area contributed by atoms with Gasteiger partial charge in [0.25, 0.3) is 10.0 Å². The molecule has 204 valence electrons. The Kier molecular flexibility index (Phi) is 7.95. The van der Waals surface area contributed by atoms with Gasteiger partial charge >= 0.3 is 0 Å². The predicted molar refractivity (Wildman–Crippen MR) is 149 cm³/mol. The molecule has 3 aromatic rings. The SMILES string of the molecule is COCCOc1cc(NS(=O)(=O)c2ccccn2)c2[nH]c(C3=NCC(CN4CCS(=O)(=O)CC4)S3)cc2c1. The largest absolute Gasteiger partial charge is 0.491 e. The van der Waals surface area contributed by atoms with Gasteiger partial charge in [0.1, 0.15) is 17.4 Å². The number of sulfonamides is 1. The van der Waals surface area contributed by atoms with Crippen molar-refractivity contribution in [3.63, 3.8) is 0 Å². The van der Waals surface area contributed by atoms with E-state index in [0.717, 1.165) is 22.7 Å². The van der Waals surface area contributed by atoms with Crippen molar-refractivity contribution < 1.29 is 26.3 Å². The van der Waals surface area contributed by atoms with E-state index in [1.54, 1.807) is 37.1 Å². The number of aliphatic imine (C=N–C) groups is 1. The maximum absolute atomic E-state index is 13.0. The highest BCUT2D eigenvalue weighted by atomic mass is 32.2. The summed E-state index contributed by atoms with van der Waals surface area (Å²) in [6.45, 7) is 3.19. The van der Waals surface area contributed by atoms with Crippen LogP contribution in [0.15, 0.2) is 52.6 Å². The van der Waals surface area contributed by atoms with E-state index >= 15 is 0 Å². The molecular formula is C24H29N5O6S3. The lowest BCUT2D eigenvalue weighted by Crippen LogP contribution is -2.43. The van der Waals surface area contributed by atoms with Crippen molar-refractivity contribution in [2.24, 2.45) is 4.99 Å². The van der Waals surface area contributed by atoms with E-state index in [0.29, 0.717) is 49.8 Å². The summed E-state index contributed by atoms with van der Waals surface area (Å²) in [6, 6.07) is 10.1. The average molecular weight is 580 g/mol. The van der Waals surface area contributed by atoms with Gasteiger partial charge in [0, 0.05) is 49.6 Å². The molecule has 0 spiro atoms. The summed E-state index contributed by atoms with van der Waals surface area (Å²) in [6.07, 6.45) is 1.43. The molecule has 11 nitrogen and oxygen atoms in total. The van der Waals surface area contributed by atoms with Crippen molar-refractivity contribution in [2.45, 2.75) is 10.3 Å². The lowest BCUT2D eigenvalue weighted by molar-refractivity contribution is 0.146. The molecule has 1 saturated heterocycles. The van der Waals surface area contributed by atoms with Crippen molar-refractivity contribution >= 4 is 53.3 Å². The maximum atomic E-state index is 13.0. The van der Waals surface area contributed by atoms with Crippen molar-refractivity contribution in [3.05, 3.63) is 48.3 Å². The number of methoxy groups -OCH3 is 1. The first-order valence-corrected chi connectivity index (χ1v) is 16.3. The van der Waals surface area contributed by atoms with Crippen molar-refractivity contribution in [3.8, 4) is 5.75 Å². The molecule has 2 N–H and O–H groups in total. The topological polar surface area (TPSA) is 143 Å². The van der Waals surface area contributed by atoms with Crippen molar-refractivity contribution in [2.75, 3.05) is 62.7 Å². The molecule has 1 unspecified atom stereocenters. The van der Waals surface area contributed by atoms with Gasteiger partial charge in [-0.1, -0.05) is 17.8 Å². The number of thioether (sulfide) groups is 1. The summed E-state index contributed by atoms with van der Waals surface area (Å²) in [5.41, 5.74) is 1.72. The smallest absolute Gasteiger partial charge is 0.279 e. The Morgan fingerprint density at radius 1 is 1.18 bits per heavy atom. The quantitative estimate of drug-likeness (QED) is 0.345. The van der Waals surface area contributed by atoms with Gasteiger partial charge in [-0.15, -0.1) is 0 Å². The second kappa shape index (κ2) is 11.2. The number of benzene rings is 1. The fourth-order valence-corrected chi connectivity index (χ4v) is 7.75. The van der Waals surface area contributed by atoms with Gasteiger partial charge in [-0.05, 0) is 24.3 Å². The number of hydrogen-bond donors (Lipinski definition) is 2. The van der Waals surface area contributed by atoms with E-state index in [9.17, 15) is 16.8 Å². The summed E-state index contributed by atoms with van der Waals surface area (Å²) in [7, 11) is -5.27. The number of sulfone groups is 1. The fourth-order valence-electron chi connectivity index (χ4n) is 4.32. The number of aromatic amines is 1. The van der Waals surface area contributed by atoms with Gasteiger partial charge in [0.05, 0.1) is 41.6 Å². The third-order valence-corrected chi connectivity index (χ3v) is 10.4. The molecule has 1 aromatic carbocycles. The number of nitrogens with one attached hydrogen (secondary N) is 2. The van der Waals surface area contributed by atoms with E-state index in [4.69, 9.17) is 14.5 Å². The van der Waals surface area contributed by atoms with Crippen LogP contribution in [0, 0.1) is 0 Å². The van der Waals surface area contributed by atoms with Crippen molar-refractivity contribution in [1.29, 1.82) is 0 Å². The normalized spacial score (nSPS) is 19.9. The first-order chi connectivity index (χ1) is 18.2. The number of hydrogen-bond acceptors (Lipinski definition) is 10. The standard InChI is InChI=1S/C24H29N5O6S3/c1-34-8-9-35-18-12-17-13-21(24-26-15-19(36-24)16-29-6-10-37(30,31)11-7-29)27-23(17)20(14-18)28-38(32,33)22-4-2-3-5-25-22/h2-5,12-14,19,27-28H,6-11,15-16H2,1H3. The van der Waals surface area contributed by atoms with Gasteiger partial charge in [0.15, 0.2) is 14.9 Å². The molecule has 1 fully saturated rings. The van der Waals surface area contributed by atoms with E-state index in [2.05, 4.69) is 19.6 Å². The molecule has 0 amide bonds. The summed E-state index contributed by atoms with van der Waals surface area (Å²) >= 11 is 1.64. The van der Waals surface area contributed by atoms with Gasteiger partial charge in [-0.3, -0.25) is 9.71 Å². The monoisotopic (exact) mass is 579 g/mol. The average Bonchev–Trinajstić information content (AvgIpc) is 3.53. The molecule has 38 heavy (non-hydrogen) atoms. The molecule has 14 heteroatoms. The van der Waals surface area contributed by atoms with Crippen LogP contribution in [0.5, 0.6) is 5.75 Å². The molecule has 0 saturated carbocycles. The van der Waals surface area contributed by atoms with Crippen LogP contribution in [0.1, 0.15) is 5.69 Å². The number of ether oxygens (including phenoxy) is 2. The number of rotatable bonds is 10. The van der Waals surface area contributed by atoms with E-state index in [-0.39, 0.29) is 21.8 Å². The Balaban J connectivity index is 1.37. The van der Waals surface area contributed by atoms with Crippen molar-refractivity contribution in [1.82, 2.24) is 14.9 Å². The summed E-state index contributed by atoms with van der Waals surface area (Å²) in [5, 5.41) is 1.72. The molecule has 2 aliphatic rings. The van der Waals surface area contributed by atoms with Gasteiger partial charge in [-0.25, -0.2) is 13.4 Å². The molecule has 0 aliphatic carbocycles. The molecule has 1 atom stereocenters. The molecular weight excluding hydrogens is 550 g/mol. The maximum Gasteiger partial charge on any atom is 0.279 e. The minimum absolute atomic E-state index is 0.0882. The van der Waals surface area contributed by atoms with Crippen LogP contribution in [0.4, 0.5) is 5.69 Å². The molecule has 2 aromatic heterocycles. The molecule has 0 radical (unpaired) electrons. The third kappa shape index (κ3) is 6.31. The summed E-state index contributed by atoms with van der Waals surface area (Å²) < 4.78 is 63.0. The van der Waals surface area contributed by atoms with E-state index in [1.165, 1.54) is 12.3 Å². The molecule has 2 aliphatic heterocycles. The van der Waals surface area contributed by atoms with Gasteiger partial charge in [-0.2, -0.15) is 8.42 Å². The molecule has 4 heterocycles. The minimum Gasteiger partial charge on any atom is -0.491 e. The van der Waals surface area contributed by atoms with E-state index in [1.807, 2.05) is 12.1 Å². The Morgan fingerprint density at radius 2 is 2.00 bits per heavy atom. The number of H-pyrrole nitrogens is 1. The minimum atomic E-state index is -3.94. The van der Waals surface area contributed by atoms with Gasteiger partial charge < -0.3 is 19.4 Å². The molecule has 5 rings (SSSR count). The van der Waals surface area contributed by atoms with Crippen LogP contribution in [-0.4, -0.2) is 100 Å². The van der Waals surface area contributed by atoms with Gasteiger partial charge in [0.2, 0.25) is 0 Å². The zero-order chi connectivity index (χ0) is 26.8. The van der Waals surface area contributed by atoms with Crippen LogP contribution in [0.2, 0.25) is 0 Å². The number of anilines is 1. The third-order valence-electron chi connectivity index (χ3n) is 6.26. The van der Waals surface area contributed by atoms with Crippen LogP contribution < -0.4 is 9.46 Å². The molecule has 0 bridgehead atoms. The Hall–Kier alpha value is -2.65. The van der Waals surface area contributed by atoms with Crippen LogP contribution >= 0.6 is 11.8 Å². The Labute approximate surface area is 226 Å². The fraction of sp³-hybridized carbons (Fsp3) is 0.417. The Bertz CT molecular complexity index is 1530. The zero-order valence-corrected chi connectivity index (χ0v) is 23.2. The van der Waals surface area contributed by atoms with Crippen LogP contribution in [0.3, 0.4) is 0 Å². The highest BCUT2D eigenvalue weighted by Crippen LogP contribution is 2.34. The lowest BCUT2D eigenvalue weighted by Gasteiger charge is -2.28. The highest BCUT2D eigenvalue weighted by Gasteiger charge is 2.28. The lowest BCUT2D eigenvalue weighted by atomic mass is 10.2. The second-order valence-electron chi connectivity index (χ2n) is 9.07. The van der Waals surface area contributed by atoms with E-state index < -0.39 is 19.9 Å². The predicted octanol–water partition coefficient (Wildman–Crippen LogP) is 1.98. The first kappa shape index (κ1) is 26.9. The number of fused-ring (bicyclic) bond motifs is 1. The highest BCUT2D eigenvalue weighted by molar-refractivity contribution is 8.15. The number of aromatic nitrogens is 2. The second-order valence-corrected chi connectivity index (χ2v) is 14.3.